The van der Waals surface area contributed by atoms with Crippen LogP contribution >= 0.6 is 12.4 Å². The van der Waals surface area contributed by atoms with Crippen molar-refractivity contribution in [1.29, 1.82) is 0 Å². The largest absolute Gasteiger partial charge is 0.434 e. The number of imidazole rings is 2. The van der Waals surface area contributed by atoms with Gasteiger partial charge >= 0.3 is 5.95 Å². The molecule has 12 heteroatoms. The van der Waals surface area contributed by atoms with Crippen LogP contribution in [0.15, 0.2) is 17.3 Å². The van der Waals surface area contributed by atoms with E-state index < -0.39 is 10.5 Å². The quantitative estimate of drug-likeness (QED) is 0.509. The summed E-state index contributed by atoms with van der Waals surface area (Å²) in [5.41, 5.74) is 6.47. The number of nitrogens with two attached hydrogens (primary N) is 1. The van der Waals surface area contributed by atoms with E-state index >= 15 is 0 Å². The molecule has 3 N–H and O–H groups in total. The molecule has 0 spiro atoms. The zero-order valence-corrected chi connectivity index (χ0v) is 12.8. The smallest absolute Gasteiger partial charge is 0.390 e. The first-order valence-electron chi connectivity index (χ1n) is 6.35. The van der Waals surface area contributed by atoms with E-state index in [1.807, 2.05) is 0 Å². The molecular formula is C11H13ClN8O3. The number of anilines is 1. The van der Waals surface area contributed by atoms with Crippen molar-refractivity contribution in [2.75, 3.05) is 5.73 Å². The Morgan fingerprint density at radius 1 is 1.35 bits per heavy atom. The zero-order valence-electron chi connectivity index (χ0n) is 12.0. The van der Waals surface area contributed by atoms with Gasteiger partial charge in [-0.25, -0.2) is 9.55 Å². The number of aromatic nitrogens is 6. The van der Waals surface area contributed by atoms with E-state index in [0.717, 1.165) is 0 Å². The Kier molecular flexibility index (Phi) is 4.31. The highest BCUT2D eigenvalue weighted by atomic mass is 35.5. The van der Waals surface area contributed by atoms with Gasteiger partial charge in [-0.1, -0.05) is 4.98 Å². The molecule has 3 aromatic rings. The number of aromatic amines is 1. The minimum Gasteiger partial charge on any atom is -0.390 e. The van der Waals surface area contributed by atoms with Gasteiger partial charge in [0.2, 0.25) is 5.95 Å². The summed E-state index contributed by atoms with van der Waals surface area (Å²) in [6.07, 6.45) is 2.76. The Bertz CT molecular complexity index is 927. The fourth-order valence-electron chi connectivity index (χ4n) is 2.22. The molecule has 122 valence electrons. The van der Waals surface area contributed by atoms with Crippen LogP contribution in [0.1, 0.15) is 5.69 Å². The number of nitro groups is 1. The minimum absolute atomic E-state index is 0. The molecule has 3 rings (SSSR count). The number of rotatable bonds is 4. The van der Waals surface area contributed by atoms with Crippen molar-refractivity contribution in [3.8, 4) is 0 Å². The Hall–Kier alpha value is -2.95. The third-order valence-corrected chi connectivity index (χ3v) is 3.31. The first kappa shape index (κ1) is 16.4. The van der Waals surface area contributed by atoms with Crippen LogP contribution in [0.5, 0.6) is 0 Å². The van der Waals surface area contributed by atoms with Crippen molar-refractivity contribution in [2.24, 2.45) is 0 Å². The number of nitrogens with zero attached hydrogens (tertiary/aromatic N) is 6. The van der Waals surface area contributed by atoms with Crippen molar-refractivity contribution in [2.45, 2.75) is 20.0 Å². The van der Waals surface area contributed by atoms with E-state index in [0.29, 0.717) is 11.3 Å². The Morgan fingerprint density at radius 2 is 2.04 bits per heavy atom. The molecule has 0 aliphatic heterocycles. The molecule has 23 heavy (non-hydrogen) atoms. The van der Waals surface area contributed by atoms with Gasteiger partial charge in [0, 0.05) is 0 Å². The van der Waals surface area contributed by atoms with Crippen LogP contribution in [0, 0.1) is 17.0 Å². The van der Waals surface area contributed by atoms with E-state index in [2.05, 4.69) is 19.9 Å². The molecule has 0 aliphatic rings. The predicted octanol–water partition coefficient (Wildman–Crippen LogP) is 0.237. The van der Waals surface area contributed by atoms with Crippen molar-refractivity contribution >= 4 is 35.5 Å². The molecule has 0 radical (unpaired) electrons. The van der Waals surface area contributed by atoms with Crippen LogP contribution in [0.4, 0.5) is 11.9 Å². The first-order chi connectivity index (χ1) is 10.5. The molecule has 0 bridgehead atoms. The summed E-state index contributed by atoms with van der Waals surface area (Å²) in [6, 6.07) is 0. The molecule has 0 aliphatic carbocycles. The van der Waals surface area contributed by atoms with Crippen LogP contribution in [0.25, 0.3) is 11.2 Å². The summed E-state index contributed by atoms with van der Waals surface area (Å²) in [4.78, 5) is 37.0. The Labute approximate surface area is 134 Å². The molecule has 0 unspecified atom stereocenters. The lowest BCUT2D eigenvalue weighted by Crippen LogP contribution is -2.27. The van der Waals surface area contributed by atoms with Gasteiger partial charge in [0.15, 0.2) is 11.2 Å². The molecular weight excluding hydrogens is 328 g/mol. The summed E-state index contributed by atoms with van der Waals surface area (Å²) in [5.74, 6) is -0.264. The van der Waals surface area contributed by atoms with Crippen LogP contribution in [-0.4, -0.2) is 34.0 Å². The van der Waals surface area contributed by atoms with Crippen molar-refractivity contribution in [3.05, 3.63) is 38.7 Å². The number of H-pyrrole nitrogens is 1. The van der Waals surface area contributed by atoms with E-state index in [4.69, 9.17) is 5.73 Å². The number of fused-ring (bicyclic) bond motifs is 1. The summed E-state index contributed by atoms with van der Waals surface area (Å²) >= 11 is 0. The van der Waals surface area contributed by atoms with Gasteiger partial charge in [-0.05, 0) is 11.8 Å². The highest BCUT2D eigenvalue weighted by Gasteiger charge is 2.19. The highest BCUT2D eigenvalue weighted by molar-refractivity contribution is 5.85. The molecule has 3 aromatic heterocycles. The SMILES string of the molecule is Cc1cnc([N+](=O)[O-])n1CCn1c(N)nc2[nH]cnc2c1=O.Cl. The molecule has 0 fully saturated rings. The molecule has 11 nitrogen and oxygen atoms in total. The lowest BCUT2D eigenvalue weighted by molar-refractivity contribution is -0.396. The second kappa shape index (κ2) is 6.04. The van der Waals surface area contributed by atoms with Crippen molar-refractivity contribution in [1.82, 2.24) is 29.1 Å². The van der Waals surface area contributed by atoms with Crippen molar-refractivity contribution < 1.29 is 4.92 Å². The highest BCUT2D eigenvalue weighted by Crippen LogP contribution is 2.13. The molecule has 0 amide bonds. The minimum atomic E-state index is -0.575. The molecule has 0 atom stereocenters. The molecule has 3 heterocycles. The number of nitrogen functional groups attached to an aromatic ring is 1. The van der Waals surface area contributed by atoms with Gasteiger partial charge in [0.05, 0.1) is 19.4 Å². The van der Waals surface area contributed by atoms with Gasteiger partial charge in [-0.3, -0.25) is 9.36 Å². The molecule has 0 saturated carbocycles. The number of aryl methyl sites for hydroxylation is 1. The third kappa shape index (κ3) is 2.73. The summed E-state index contributed by atoms with van der Waals surface area (Å²) in [6.45, 7) is 1.99. The second-order valence-electron chi connectivity index (χ2n) is 4.63. The summed E-state index contributed by atoms with van der Waals surface area (Å²) < 4.78 is 2.63. The normalized spacial score (nSPS) is 10.7. The van der Waals surface area contributed by atoms with Gasteiger partial charge in [-0.15, -0.1) is 12.4 Å². The average Bonchev–Trinajstić information content (AvgIpc) is 3.05. The number of hydrogen-bond donors (Lipinski definition) is 2. The fourth-order valence-corrected chi connectivity index (χ4v) is 2.22. The predicted molar refractivity (Wildman–Crippen MR) is 83.4 cm³/mol. The maximum atomic E-state index is 12.3. The maximum Gasteiger partial charge on any atom is 0.434 e. The first-order valence-corrected chi connectivity index (χ1v) is 6.35. The topological polar surface area (TPSA) is 151 Å². The van der Waals surface area contributed by atoms with E-state index in [1.165, 1.54) is 21.7 Å². The Balaban J connectivity index is 0.00000192. The van der Waals surface area contributed by atoms with Crippen LogP contribution in [-0.2, 0) is 13.1 Å². The van der Waals surface area contributed by atoms with E-state index in [1.54, 1.807) is 6.92 Å². The van der Waals surface area contributed by atoms with Gasteiger partial charge in [0.1, 0.15) is 11.9 Å². The van der Waals surface area contributed by atoms with E-state index in [-0.39, 0.29) is 42.9 Å². The second-order valence-corrected chi connectivity index (χ2v) is 4.63. The summed E-state index contributed by atoms with van der Waals surface area (Å²) in [7, 11) is 0. The van der Waals surface area contributed by atoms with E-state index in [9.17, 15) is 14.9 Å². The summed E-state index contributed by atoms with van der Waals surface area (Å²) in [5, 5.41) is 10.9. The lowest BCUT2D eigenvalue weighted by Gasteiger charge is -2.09. The van der Waals surface area contributed by atoms with Crippen LogP contribution in [0.3, 0.4) is 0 Å². The van der Waals surface area contributed by atoms with Crippen LogP contribution < -0.4 is 11.3 Å². The monoisotopic (exact) mass is 340 g/mol. The lowest BCUT2D eigenvalue weighted by atomic mass is 10.4. The Morgan fingerprint density at radius 3 is 2.74 bits per heavy atom. The van der Waals surface area contributed by atoms with Gasteiger partial charge in [0.25, 0.3) is 5.56 Å². The van der Waals surface area contributed by atoms with Crippen LogP contribution in [0.2, 0.25) is 0 Å². The molecule has 0 saturated heterocycles. The maximum absolute atomic E-state index is 12.3. The standard InChI is InChI=1S/C11H12N8O3.ClH/c1-6-4-13-11(19(21)22)17(6)2-3-18-9(20)7-8(15-5-14-7)16-10(18)12;/h4-5H,2-3H2,1H3,(H2,12,16)(H,14,15);1H. The van der Waals surface area contributed by atoms with Gasteiger partial charge < -0.3 is 20.8 Å². The van der Waals surface area contributed by atoms with Crippen molar-refractivity contribution in [3.63, 3.8) is 0 Å². The zero-order chi connectivity index (χ0) is 15.9. The van der Waals surface area contributed by atoms with Gasteiger partial charge in [-0.2, -0.15) is 4.98 Å². The number of nitrogens with one attached hydrogen (secondary N) is 1. The number of halogens is 1. The average molecular weight is 341 g/mol. The number of hydrogen-bond acceptors (Lipinski definition) is 7. The third-order valence-electron chi connectivity index (χ3n) is 3.31. The molecule has 0 aromatic carbocycles. The fraction of sp³-hybridized carbons (Fsp3) is 0.273.